The summed E-state index contributed by atoms with van der Waals surface area (Å²) >= 11 is 0. The average Bonchev–Trinajstić information content (AvgIpc) is 2.60. The van der Waals surface area contributed by atoms with E-state index in [9.17, 15) is 14.7 Å². The van der Waals surface area contributed by atoms with Crippen LogP contribution in [0.1, 0.15) is 45.8 Å². The first-order valence-electron chi connectivity index (χ1n) is 6.24. The summed E-state index contributed by atoms with van der Waals surface area (Å²) < 4.78 is 1.97. The number of carbonyl (C=O) groups is 2. The molecular weight excluding hydrogens is 242 g/mol. The number of hydrogen-bond donors (Lipinski definition) is 1. The summed E-state index contributed by atoms with van der Waals surface area (Å²) in [5.74, 6) is -1.000. The van der Waals surface area contributed by atoms with Crippen molar-refractivity contribution in [2.75, 3.05) is 0 Å². The molecule has 0 spiro atoms. The van der Waals surface area contributed by atoms with Crippen LogP contribution in [0.5, 0.6) is 0 Å². The normalized spacial score (nSPS) is 10.9. The minimum atomic E-state index is -0.965. The Morgan fingerprint density at radius 2 is 1.95 bits per heavy atom. The van der Waals surface area contributed by atoms with E-state index in [0.29, 0.717) is 5.56 Å². The Kier molecular flexibility index (Phi) is 3.18. The van der Waals surface area contributed by atoms with E-state index in [2.05, 4.69) is 0 Å². The topological polar surface area (TPSA) is 59.3 Å². The molecule has 0 aliphatic heterocycles. The monoisotopic (exact) mass is 259 g/mol. The fraction of sp³-hybridized carbons (Fsp3) is 0.333. The van der Waals surface area contributed by atoms with E-state index in [-0.39, 0.29) is 11.3 Å². The van der Waals surface area contributed by atoms with E-state index < -0.39 is 5.97 Å². The summed E-state index contributed by atoms with van der Waals surface area (Å²) in [5.41, 5.74) is 3.63. The summed E-state index contributed by atoms with van der Waals surface area (Å²) in [5, 5.41) is 9.92. The summed E-state index contributed by atoms with van der Waals surface area (Å²) in [7, 11) is 1.91. The molecule has 0 aliphatic rings. The molecule has 2 rings (SSSR count). The third-order valence-electron chi connectivity index (χ3n) is 3.64. The van der Waals surface area contributed by atoms with Crippen molar-refractivity contribution in [3.8, 4) is 0 Å². The number of Topliss-reactive ketones (excluding diaryl/α,β-unsaturated/α-hetero) is 1. The number of carboxylic acids is 1. The van der Waals surface area contributed by atoms with Crippen LogP contribution in [0.3, 0.4) is 0 Å². The first kappa shape index (κ1) is 13.3. The molecule has 0 radical (unpaired) electrons. The van der Waals surface area contributed by atoms with Crippen molar-refractivity contribution in [3.63, 3.8) is 0 Å². The number of hydrogen-bond acceptors (Lipinski definition) is 2. The lowest BCUT2D eigenvalue weighted by atomic mass is 10.0. The van der Waals surface area contributed by atoms with Gasteiger partial charge in [0.25, 0.3) is 0 Å². The molecule has 19 heavy (non-hydrogen) atoms. The Morgan fingerprint density at radius 1 is 1.32 bits per heavy atom. The molecule has 0 saturated heterocycles. The van der Waals surface area contributed by atoms with Crippen molar-refractivity contribution in [2.45, 2.75) is 27.2 Å². The highest BCUT2D eigenvalue weighted by atomic mass is 16.4. The molecule has 0 amide bonds. The Balaban J connectivity index is 2.98. The van der Waals surface area contributed by atoms with Gasteiger partial charge in [-0.15, -0.1) is 0 Å². The second kappa shape index (κ2) is 4.53. The summed E-state index contributed by atoms with van der Waals surface area (Å²) in [6.45, 7) is 5.38. The van der Waals surface area contributed by atoms with Gasteiger partial charge in [-0.25, -0.2) is 4.79 Å². The van der Waals surface area contributed by atoms with Gasteiger partial charge in [0.05, 0.1) is 11.1 Å². The van der Waals surface area contributed by atoms with Crippen LogP contribution in [0.4, 0.5) is 0 Å². The molecule has 100 valence electrons. The van der Waals surface area contributed by atoms with E-state index in [0.717, 1.165) is 28.6 Å². The zero-order valence-corrected chi connectivity index (χ0v) is 11.6. The van der Waals surface area contributed by atoms with Gasteiger partial charge in [-0.05, 0) is 38.0 Å². The van der Waals surface area contributed by atoms with Gasteiger partial charge < -0.3 is 9.67 Å². The van der Waals surface area contributed by atoms with Gasteiger partial charge in [0.15, 0.2) is 5.78 Å². The summed E-state index contributed by atoms with van der Waals surface area (Å²) in [4.78, 5) is 23.0. The van der Waals surface area contributed by atoms with Crippen LogP contribution in [0.2, 0.25) is 0 Å². The highest BCUT2D eigenvalue weighted by Crippen LogP contribution is 2.30. The van der Waals surface area contributed by atoms with Crippen LogP contribution in [-0.2, 0) is 13.5 Å². The molecule has 1 aromatic heterocycles. The van der Waals surface area contributed by atoms with Gasteiger partial charge >= 0.3 is 5.97 Å². The quantitative estimate of drug-likeness (QED) is 0.862. The van der Waals surface area contributed by atoms with Crippen LogP contribution in [0, 0.1) is 6.92 Å². The van der Waals surface area contributed by atoms with E-state index in [1.165, 1.54) is 6.92 Å². The molecular formula is C15H17NO3. The Hall–Kier alpha value is -2.10. The van der Waals surface area contributed by atoms with Gasteiger partial charge in [0.2, 0.25) is 0 Å². The van der Waals surface area contributed by atoms with Crippen molar-refractivity contribution in [3.05, 3.63) is 34.5 Å². The van der Waals surface area contributed by atoms with E-state index in [4.69, 9.17) is 0 Å². The molecule has 0 bridgehead atoms. The van der Waals surface area contributed by atoms with Crippen molar-refractivity contribution in [1.82, 2.24) is 4.57 Å². The zero-order chi connectivity index (χ0) is 14.3. The van der Waals surface area contributed by atoms with Crippen LogP contribution < -0.4 is 0 Å². The maximum Gasteiger partial charge on any atom is 0.335 e. The predicted molar refractivity (Wildman–Crippen MR) is 74.0 cm³/mol. The average molecular weight is 259 g/mol. The van der Waals surface area contributed by atoms with Crippen LogP contribution in [-0.4, -0.2) is 21.4 Å². The highest BCUT2D eigenvalue weighted by molar-refractivity contribution is 6.10. The molecule has 1 aromatic carbocycles. The number of aromatic carboxylic acids is 1. The van der Waals surface area contributed by atoms with Crippen molar-refractivity contribution in [1.29, 1.82) is 0 Å². The fourth-order valence-electron chi connectivity index (χ4n) is 2.65. The van der Waals surface area contributed by atoms with Gasteiger partial charge in [-0.2, -0.15) is 0 Å². The molecule has 2 aromatic rings. The lowest BCUT2D eigenvalue weighted by molar-refractivity contribution is 0.0696. The SMILES string of the molecule is CCc1cc(C(=O)O)cc2c(C(C)=O)c(C)n(C)c12. The van der Waals surface area contributed by atoms with Crippen molar-refractivity contribution < 1.29 is 14.7 Å². The Bertz CT molecular complexity index is 695. The number of fused-ring (bicyclic) bond motifs is 1. The van der Waals surface area contributed by atoms with Crippen molar-refractivity contribution in [2.24, 2.45) is 7.05 Å². The Labute approximate surface area is 111 Å². The van der Waals surface area contributed by atoms with Gasteiger partial charge in [0, 0.05) is 23.7 Å². The zero-order valence-electron chi connectivity index (χ0n) is 11.6. The number of rotatable bonds is 3. The van der Waals surface area contributed by atoms with Crippen molar-refractivity contribution >= 4 is 22.7 Å². The molecule has 0 fully saturated rings. The molecule has 0 atom stereocenters. The lowest BCUT2D eigenvalue weighted by Gasteiger charge is -2.06. The summed E-state index contributed by atoms with van der Waals surface area (Å²) in [6, 6.07) is 3.29. The van der Waals surface area contributed by atoms with Crippen LogP contribution in [0.25, 0.3) is 10.9 Å². The fourth-order valence-corrected chi connectivity index (χ4v) is 2.65. The molecule has 4 heteroatoms. The second-order valence-corrected chi connectivity index (χ2v) is 4.77. The predicted octanol–water partition coefficient (Wildman–Crippen LogP) is 2.95. The second-order valence-electron chi connectivity index (χ2n) is 4.77. The van der Waals surface area contributed by atoms with Gasteiger partial charge in [-0.3, -0.25) is 4.79 Å². The van der Waals surface area contributed by atoms with Crippen LogP contribution >= 0.6 is 0 Å². The van der Waals surface area contributed by atoms with Gasteiger partial charge in [0.1, 0.15) is 0 Å². The largest absolute Gasteiger partial charge is 0.478 e. The number of aromatic nitrogens is 1. The third-order valence-corrected chi connectivity index (χ3v) is 3.64. The number of aryl methyl sites for hydroxylation is 2. The molecule has 0 unspecified atom stereocenters. The number of nitrogens with zero attached hydrogens (tertiary/aromatic N) is 1. The molecule has 1 heterocycles. The maximum absolute atomic E-state index is 11.8. The standard InChI is InChI=1S/C15H17NO3/c1-5-10-6-11(15(18)19)7-12-13(9(3)17)8(2)16(4)14(10)12/h6-7H,5H2,1-4H3,(H,18,19). The van der Waals surface area contributed by atoms with E-state index in [1.807, 2.05) is 25.5 Å². The molecule has 4 nitrogen and oxygen atoms in total. The first-order valence-corrected chi connectivity index (χ1v) is 6.24. The molecule has 1 N–H and O–H groups in total. The maximum atomic E-state index is 11.8. The summed E-state index contributed by atoms with van der Waals surface area (Å²) in [6.07, 6.45) is 0.728. The highest BCUT2D eigenvalue weighted by Gasteiger charge is 2.19. The first-order chi connectivity index (χ1) is 8.88. The number of carbonyl (C=O) groups excluding carboxylic acids is 1. The minimum Gasteiger partial charge on any atom is -0.478 e. The number of benzene rings is 1. The number of carboxylic acid groups (broad SMARTS) is 1. The minimum absolute atomic E-state index is 0.0345. The van der Waals surface area contributed by atoms with Gasteiger partial charge in [-0.1, -0.05) is 6.92 Å². The molecule has 0 aliphatic carbocycles. The smallest absolute Gasteiger partial charge is 0.335 e. The van der Waals surface area contributed by atoms with E-state index >= 15 is 0 Å². The number of ketones is 1. The third kappa shape index (κ3) is 1.93. The Morgan fingerprint density at radius 3 is 2.42 bits per heavy atom. The molecule has 0 saturated carbocycles. The van der Waals surface area contributed by atoms with E-state index in [1.54, 1.807) is 12.1 Å². The lowest BCUT2D eigenvalue weighted by Crippen LogP contribution is -2.00. The van der Waals surface area contributed by atoms with Crippen LogP contribution in [0.15, 0.2) is 12.1 Å².